The highest BCUT2D eigenvalue weighted by molar-refractivity contribution is 7.09. The molecule has 1 aromatic heterocycles. The molecule has 1 saturated heterocycles. The Hall–Kier alpha value is -0.940. The smallest absolute Gasteiger partial charge is 0.303 e. The second kappa shape index (κ2) is 5.80. The van der Waals surface area contributed by atoms with Gasteiger partial charge < -0.3 is 10.0 Å². The van der Waals surface area contributed by atoms with Gasteiger partial charge in [-0.15, -0.1) is 11.3 Å². The highest BCUT2D eigenvalue weighted by atomic mass is 32.1. The van der Waals surface area contributed by atoms with Crippen LogP contribution in [0.15, 0.2) is 5.38 Å². The predicted molar refractivity (Wildman–Crippen MR) is 72.1 cm³/mol. The van der Waals surface area contributed by atoms with Gasteiger partial charge in [-0.05, 0) is 26.8 Å². The van der Waals surface area contributed by atoms with Crippen molar-refractivity contribution in [3.63, 3.8) is 0 Å². The van der Waals surface area contributed by atoms with Gasteiger partial charge in [-0.1, -0.05) is 0 Å². The van der Waals surface area contributed by atoms with E-state index in [1.54, 1.807) is 11.3 Å². The quantitative estimate of drug-likeness (QED) is 0.890. The van der Waals surface area contributed by atoms with E-state index in [1.165, 1.54) is 11.4 Å². The third kappa shape index (κ3) is 3.29. The molecule has 0 aliphatic carbocycles. The van der Waals surface area contributed by atoms with Gasteiger partial charge in [0, 0.05) is 30.3 Å². The van der Waals surface area contributed by atoms with E-state index >= 15 is 0 Å². The normalized spacial score (nSPS) is 20.7. The van der Waals surface area contributed by atoms with Crippen molar-refractivity contribution in [1.82, 2.24) is 9.88 Å². The van der Waals surface area contributed by atoms with Gasteiger partial charge in [0.15, 0.2) is 0 Å². The molecular weight excluding hydrogens is 248 g/mol. The number of aliphatic carboxylic acids is 1. The lowest BCUT2D eigenvalue weighted by atomic mass is 10.1. The molecule has 1 unspecified atom stereocenters. The van der Waals surface area contributed by atoms with Gasteiger partial charge in [0.25, 0.3) is 0 Å². The average Bonchev–Trinajstić information content (AvgIpc) is 2.95. The first-order chi connectivity index (χ1) is 8.56. The van der Waals surface area contributed by atoms with Crippen LogP contribution in [-0.4, -0.2) is 40.1 Å². The van der Waals surface area contributed by atoms with Gasteiger partial charge in [0.05, 0.1) is 17.1 Å². The van der Waals surface area contributed by atoms with E-state index in [1.807, 2.05) is 5.38 Å². The van der Waals surface area contributed by atoms with Gasteiger partial charge in [0.2, 0.25) is 0 Å². The Balaban J connectivity index is 1.92. The number of likely N-dealkylation sites (tertiary alicyclic amines) is 1. The Morgan fingerprint density at radius 3 is 3.06 bits per heavy atom. The van der Waals surface area contributed by atoms with Crippen molar-refractivity contribution in [2.24, 2.45) is 0 Å². The molecule has 1 aromatic rings. The first-order valence-electron chi connectivity index (χ1n) is 6.46. The minimum atomic E-state index is -0.753. The van der Waals surface area contributed by atoms with Gasteiger partial charge >= 0.3 is 5.97 Å². The number of aromatic nitrogens is 1. The topological polar surface area (TPSA) is 53.4 Å². The number of aryl methyl sites for hydroxylation is 1. The Labute approximate surface area is 112 Å². The zero-order chi connectivity index (χ0) is 13.1. The minimum absolute atomic E-state index is 0.173. The Morgan fingerprint density at radius 1 is 1.67 bits per heavy atom. The summed E-state index contributed by atoms with van der Waals surface area (Å²) >= 11 is 1.68. The molecular formula is C13H20N2O2S. The summed E-state index contributed by atoms with van der Waals surface area (Å²) in [4.78, 5) is 17.6. The maximum absolute atomic E-state index is 10.5. The largest absolute Gasteiger partial charge is 0.481 e. The summed E-state index contributed by atoms with van der Waals surface area (Å²) in [6, 6.07) is 0.599. The Morgan fingerprint density at radius 2 is 2.44 bits per heavy atom. The molecule has 100 valence electrons. The molecule has 0 aromatic carbocycles. The summed E-state index contributed by atoms with van der Waals surface area (Å²) < 4.78 is 0. The van der Waals surface area contributed by atoms with E-state index in [2.05, 4.69) is 23.7 Å². The van der Waals surface area contributed by atoms with Crippen molar-refractivity contribution >= 4 is 17.3 Å². The fourth-order valence-corrected chi connectivity index (χ4v) is 3.30. The third-order valence-electron chi connectivity index (χ3n) is 3.46. The molecule has 1 aliphatic rings. The summed E-state index contributed by atoms with van der Waals surface area (Å²) in [5.41, 5.74) is 0.931. The van der Waals surface area contributed by atoms with E-state index < -0.39 is 5.97 Å². The number of hydrogen-bond acceptors (Lipinski definition) is 4. The molecule has 1 N–H and O–H groups in total. The van der Waals surface area contributed by atoms with Crippen molar-refractivity contribution in [1.29, 1.82) is 0 Å². The second-order valence-electron chi connectivity index (χ2n) is 5.15. The molecule has 1 aliphatic heterocycles. The van der Waals surface area contributed by atoms with Crippen LogP contribution in [0.5, 0.6) is 0 Å². The standard InChI is InChI=1S/C13H20N2O2S/c1-9(2)15-6-5-10(7-15)13-14-11(8-18-13)3-4-12(16)17/h8-10H,3-7H2,1-2H3,(H,16,17). The summed E-state index contributed by atoms with van der Waals surface area (Å²) in [7, 11) is 0. The third-order valence-corrected chi connectivity index (χ3v) is 4.52. The molecule has 4 nitrogen and oxygen atoms in total. The molecule has 1 fully saturated rings. The molecule has 0 amide bonds. The van der Waals surface area contributed by atoms with Crippen molar-refractivity contribution in [2.45, 2.75) is 45.1 Å². The summed E-state index contributed by atoms with van der Waals surface area (Å²) in [5, 5.41) is 11.8. The Kier molecular flexibility index (Phi) is 4.35. The van der Waals surface area contributed by atoms with E-state index in [4.69, 9.17) is 5.11 Å². The van der Waals surface area contributed by atoms with Gasteiger partial charge in [-0.25, -0.2) is 4.98 Å². The molecule has 1 atom stereocenters. The molecule has 5 heteroatoms. The molecule has 0 radical (unpaired) electrons. The lowest BCUT2D eigenvalue weighted by molar-refractivity contribution is -0.136. The van der Waals surface area contributed by atoms with Crippen LogP contribution in [0.3, 0.4) is 0 Å². The van der Waals surface area contributed by atoms with Crippen LogP contribution >= 0.6 is 11.3 Å². The van der Waals surface area contributed by atoms with Crippen molar-refractivity contribution in [3.05, 3.63) is 16.1 Å². The van der Waals surface area contributed by atoms with E-state index in [9.17, 15) is 4.79 Å². The van der Waals surface area contributed by atoms with Crippen LogP contribution in [-0.2, 0) is 11.2 Å². The number of nitrogens with zero attached hydrogens (tertiary/aromatic N) is 2. The zero-order valence-corrected chi connectivity index (χ0v) is 11.7. The maximum Gasteiger partial charge on any atom is 0.303 e. The van der Waals surface area contributed by atoms with Crippen molar-refractivity contribution in [3.8, 4) is 0 Å². The zero-order valence-electron chi connectivity index (χ0n) is 10.9. The summed E-state index contributed by atoms with van der Waals surface area (Å²) in [6.07, 6.45) is 1.89. The SMILES string of the molecule is CC(C)N1CCC(c2nc(CCC(=O)O)cs2)C1. The first kappa shape index (κ1) is 13.5. The molecule has 2 rings (SSSR count). The molecule has 0 bridgehead atoms. The number of carboxylic acids is 1. The van der Waals surface area contributed by atoms with Crippen LogP contribution in [0, 0.1) is 0 Å². The predicted octanol–water partition coefficient (Wildman–Crippen LogP) is 2.36. The number of rotatable bonds is 5. The fourth-order valence-electron chi connectivity index (χ4n) is 2.32. The minimum Gasteiger partial charge on any atom is -0.481 e. The number of carbonyl (C=O) groups is 1. The van der Waals surface area contributed by atoms with E-state index in [-0.39, 0.29) is 6.42 Å². The van der Waals surface area contributed by atoms with Crippen LogP contribution in [0.25, 0.3) is 0 Å². The molecule has 0 spiro atoms. The second-order valence-corrected chi connectivity index (χ2v) is 6.03. The van der Waals surface area contributed by atoms with Crippen molar-refractivity contribution < 1.29 is 9.90 Å². The van der Waals surface area contributed by atoms with Gasteiger partial charge in [-0.2, -0.15) is 0 Å². The highest BCUT2D eigenvalue weighted by Crippen LogP contribution is 2.30. The lowest BCUT2D eigenvalue weighted by Gasteiger charge is -2.19. The van der Waals surface area contributed by atoms with Crippen LogP contribution in [0.2, 0.25) is 0 Å². The van der Waals surface area contributed by atoms with E-state index in [0.29, 0.717) is 18.4 Å². The number of thiazole rings is 1. The maximum atomic E-state index is 10.5. The first-order valence-corrected chi connectivity index (χ1v) is 7.34. The monoisotopic (exact) mass is 268 g/mol. The van der Waals surface area contributed by atoms with Crippen LogP contribution in [0.4, 0.5) is 0 Å². The molecule has 18 heavy (non-hydrogen) atoms. The highest BCUT2D eigenvalue weighted by Gasteiger charge is 2.27. The number of carboxylic acid groups (broad SMARTS) is 1. The Bertz CT molecular complexity index is 417. The van der Waals surface area contributed by atoms with Gasteiger partial charge in [-0.3, -0.25) is 4.79 Å². The van der Waals surface area contributed by atoms with Crippen molar-refractivity contribution in [2.75, 3.05) is 13.1 Å². The van der Waals surface area contributed by atoms with Crippen LogP contribution < -0.4 is 0 Å². The fraction of sp³-hybridized carbons (Fsp3) is 0.692. The average molecular weight is 268 g/mol. The molecule has 0 saturated carbocycles. The number of hydrogen-bond donors (Lipinski definition) is 1. The lowest BCUT2D eigenvalue weighted by Crippen LogP contribution is -2.27. The van der Waals surface area contributed by atoms with Gasteiger partial charge in [0.1, 0.15) is 0 Å². The van der Waals surface area contributed by atoms with Crippen LogP contribution in [0.1, 0.15) is 43.3 Å². The van der Waals surface area contributed by atoms with E-state index in [0.717, 1.165) is 18.8 Å². The summed E-state index contributed by atoms with van der Waals surface area (Å²) in [5.74, 6) is -0.215. The summed E-state index contributed by atoms with van der Waals surface area (Å²) in [6.45, 7) is 6.68. The molecule has 2 heterocycles.